The lowest BCUT2D eigenvalue weighted by Gasteiger charge is -2.08. The van der Waals surface area contributed by atoms with E-state index < -0.39 is 5.82 Å². The zero-order chi connectivity index (χ0) is 18.1. The third-order valence-electron chi connectivity index (χ3n) is 4.05. The summed E-state index contributed by atoms with van der Waals surface area (Å²) in [4.78, 5) is 4.36. The average molecular weight is 347 g/mol. The van der Waals surface area contributed by atoms with Gasteiger partial charge in [-0.2, -0.15) is 15.5 Å². The minimum atomic E-state index is -0.421. The molecule has 0 aliphatic heterocycles. The van der Waals surface area contributed by atoms with Gasteiger partial charge in [0.2, 0.25) is 0 Å². The van der Waals surface area contributed by atoms with Crippen LogP contribution < -0.4 is 5.32 Å². The van der Waals surface area contributed by atoms with Gasteiger partial charge in [0.25, 0.3) is 0 Å². The van der Waals surface area contributed by atoms with Crippen molar-refractivity contribution in [2.75, 3.05) is 5.32 Å². The zero-order valence-corrected chi connectivity index (χ0v) is 13.9. The van der Waals surface area contributed by atoms with Crippen molar-refractivity contribution in [3.63, 3.8) is 0 Å². The van der Waals surface area contributed by atoms with Gasteiger partial charge in [-0.15, -0.1) is 0 Å². The van der Waals surface area contributed by atoms with Crippen molar-refractivity contribution < 1.29 is 4.39 Å². The van der Waals surface area contributed by atoms with Gasteiger partial charge in [-0.1, -0.05) is 6.07 Å². The molecule has 128 valence electrons. The molecular formula is C18H14FN7. The minimum absolute atomic E-state index is 0.162. The number of pyridine rings is 1. The molecular weight excluding hydrogens is 333 g/mol. The molecule has 3 aromatic heterocycles. The van der Waals surface area contributed by atoms with E-state index in [9.17, 15) is 9.65 Å². The van der Waals surface area contributed by atoms with Crippen molar-refractivity contribution in [2.45, 2.75) is 6.54 Å². The number of nitriles is 1. The Bertz CT molecular complexity index is 1140. The lowest BCUT2D eigenvalue weighted by molar-refractivity contribution is 0.589. The highest BCUT2D eigenvalue weighted by Crippen LogP contribution is 2.22. The fourth-order valence-electron chi connectivity index (χ4n) is 2.77. The SMILES string of the molecule is Cn1cc(Nc2cc3c(cn2)cnn3Cc2c(F)cccc2C#N)cn1. The van der Waals surface area contributed by atoms with Crippen molar-refractivity contribution in [1.82, 2.24) is 24.5 Å². The Morgan fingerprint density at radius 1 is 1.23 bits per heavy atom. The molecule has 0 atom stereocenters. The Labute approximate surface area is 148 Å². The average Bonchev–Trinajstić information content (AvgIpc) is 3.23. The molecule has 0 aliphatic carbocycles. The van der Waals surface area contributed by atoms with Crippen LogP contribution in [-0.4, -0.2) is 24.5 Å². The predicted octanol–water partition coefficient (Wildman–Crippen LogP) is 2.97. The molecule has 0 amide bonds. The van der Waals surface area contributed by atoms with Crippen LogP contribution in [0.15, 0.2) is 49.1 Å². The molecule has 1 N–H and O–H groups in total. The van der Waals surface area contributed by atoms with Crippen LogP contribution in [0.5, 0.6) is 0 Å². The maximum atomic E-state index is 14.2. The first-order valence-corrected chi connectivity index (χ1v) is 7.89. The highest BCUT2D eigenvalue weighted by atomic mass is 19.1. The highest BCUT2D eigenvalue weighted by Gasteiger charge is 2.12. The largest absolute Gasteiger partial charge is 0.338 e. The first-order valence-electron chi connectivity index (χ1n) is 7.89. The second-order valence-electron chi connectivity index (χ2n) is 5.84. The number of hydrogen-bond acceptors (Lipinski definition) is 5. The van der Waals surface area contributed by atoms with Gasteiger partial charge in [-0.3, -0.25) is 9.36 Å². The van der Waals surface area contributed by atoms with Crippen LogP contribution in [0.2, 0.25) is 0 Å². The molecule has 7 nitrogen and oxygen atoms in total. The first kappa shape index (κ1) is 15.8. The fourth-order valence-corrected chi connectivity index (χ4v) is 2.77. The maximum Gasteiger partial charge on any atom is 0.132 e. The fraction of sp³-hybridized carbons (Fsp3) is 0.111. The second-order valence-corrected chi connectivity index (χ2v) is 5.84. The van der Waals surface area contributed by atoms with Crippen molar-refractivity contribution in [2.24, 2.45) is 7.05 Å². The van der Waals surface area contributed by atoms with Crippen LogP contribution in [0.1, 0.15) is 11.1 Å². The minimum Gasteiger partial charge on any atom is -0.338 e. The van der Waals surface area contributed by atoms with E-state index in [1.54, 1.807) is 34.0 Å². The van der Waals surface area contributed by atoms with Gasteiger partial charge in [0.15, 0.2) is 0 Å². The lowest BCUT2D eigenvalue weighted by atomic mass is 10.1. The molecule has 4 rings (SSSR count). The molecule has 0 aliphatic rings. The summed E-state index contributed by atoms with van der Waals surface area (Å²) in [6, 6.07) is 8.33. The van der Waals surface area contributed by atoms with E-state index in [1.165, 1.54) is 12.1 Å². The number of nitrogens with zero attached hydrogens (tertiary/aromatic N) is 6. The van der Waals surface area contributed by atoms with Gasteiger partial charge in [-0.05, 0) is 12.1 Å². The second kappa shape index (κ2) is 6.29. The standard InChI is InChI=1S/C18H14FN7/c1-25-10-14(9-22-25)24-18-5-17-13(7-21-18)8-23-26(17)11-15-12(6-20)3-2-4-16(15)19/h2-5,7-10H,11H2,1H3,(H,21,24). The highest BCUT2D eigenvalue weighted by molar-refractivity contribution is 5.81. The Morgan fingerprint density at radius 2 is 2.12 bits per heavy atom. The van der Waals surface area contributed by atoms with Crippen molar-refractivity contribution in [3.05, 3.63) is 66.0 Å². The zero-order valence-electron chi connectivity index (χ0n) is 13.9. The molecule has 0 saturated heterocycles. The van der Waals surface area contributed by atoms with Gasteiger partial charge < -0.3 is 5.32 Å². The molecule has 0 unspecified atom stereocenters. The van der Waals surface area contributed by atoms with Crippen molar-refractivity contribution in [1.29, 1.82) is 5.26 Å². The molecule has 1 aromatic carbocycles. The van der Waals surface area contributed by atoms with Crippen LogP contribution >= 0.6 is 0 Å². The number of fused-ring (bicyclic) bond motifs is 1. The Hall–Kier alpha value is -3.73. The van der Waals surface area contributed by atoms with Crippen LogP contribution in [0.25, 0.3) is 10.9 Å². The maximum absolute atomic E-state index is 14.2. The van der Waals surface area contributed by atoms with E-state index in [0.29, 0.717) is 16.9 Å². The number of halogens is 1. The summed E-state index contributed by atoms with van der Waals surface area (Å²) < 4.78 is 17.5. The number of anilines is 2. The van der Waals surface area contributed by atoms with Crippen LogP contribution in [0, 0.1) is 17.1 Å². The summed E-state index contributed by atoms with van der Waals surface area (Å²) >= 11 is 0. The molecule has 0 radical (unpaired) electrons. The van der Waals surface area contributed by atoms with Crippen molar-refractivity contribution >= 4 is 22.4 Å². The lowest BCUT2D eigenvalue weighted by Crippen LogP contribution is -2.06. The van der Waals surface area contributed by atoms with Gasteiger partial charge in [-0.25, -0.2) is 9.37 Å². The molecule has 0 fully saturated rings. The number of rotatable bonds is 4. The molecule has 0 spiro atoms. The smallest absolute Gasteiger partial charge is 0.132 e. The van der Waals surface area contributed by atoms with E-state index in [2.05, 4.69) is 20.5 Å². The van der Waals surface area contributed by atoms with E-state index in [0.717, 1.165) is 16.6 Å². The third kappa shape index (κ3) is 2.86. The predicted molar refractivity (Wildman–Crippen MR) is 94.2 cm³/mol. The quantitative estimate of drug-likeness (QED) is 0.613. The number of benzene rings is 1. The molecule has 26 heavy (non-hydrogen) atoms. The molecule has 8 heteroatoms. The van der Waals surface area contributed by atoms with Gasteiger partial charge >= 0.3 is 0 Å². The third-order valence-corrected chi connectivity index (χ3v) is 4.05. The molecule has 3 heterocycles. The molecule has 0 saturated carbocycles. The van der Waals surface area contributed by atoms with Crippen LogP contribution in [-0.2, 0) is 13.6 Å². The van der Waals surface area contributed by atoms with Gasteiger partial charge in [0.1, 0.15) is 11.6 Å². The summed E-state index contributed by atoms with van der Waals surface area (Å²) in [6.07, 6.45) is 6.90. The molecule has 4 aromatic rings. The van der Waals surface area contributed by atoms with E-state index in [-0.39, 0.29) is 6.54 Å². The van der Waals surface area contributed by atoms with E-state index in [4.69, 9.17) is 0 Å². The van der Waals surface area contributed by atoms with Crippen LogP contribution in [0.3, 0.4) is 0 Å². The monoisotopic (exact) mass is 347 g/mol. The van der Waals surface area contributed by atoms with E-state index in [1.807, 2.05) is 25.4 Å². The summed E-state index contributed by atoms with van der Waals surface area (Å²) in [5, 5.41) is 21.6. The Balaban J connectivity index is 1.70. The Morgan fingerprint density at radius 3 is 2.88 bits per heavy atom. The number of hydrogen-bond donors (Lipinski definition) is 1. The number of nitrogens with one attached hydrogen (secondary N) is 1. The van der Waals surface area contributed by atoms with Crippen LogP contribution in [0.4, 0.5) is 15.9 Å². The summed E-state index contributed by atoms with van der Waals surface area (Å²) in [7, 11) is 1.83. The topological polar surface area (TPSA) is 84.4 Å². The summed E-state index contributed by atoms with van der Waals surface area (Å²) in [6.45, 7) is 0.162. The number of aryl methyl sites for hydroxylation is 1. The summed E-state index contributed by atoms with van der Waals surface area (Å²) in [5.41, 5.74) is 2.22. The van der Waals surface area contributed by atoms with Crippen molar-refractivity contribution in [3.8, 4) is 6.07 Å². The van der Waals surface area contributed by atoms with E-state index >= 15 is 0 Å². The molecule has 0 bridgehead atoms. The number of aromatic nitrogens is 5. The first-order chi connectivity index (χ1) is 12.6. The Kier molecular flexibility index (Phi) is 3.82. The normalized spacial score (nSPS) is 10.8. The summed E-state index contributed by atoms with van der Waals surface area (Å²) in [5.74, 6) is 0.205. The van der Waals surface area contributed by atoms with Gasteiger partial charge in [0.05, 0.1) is 41.8 Å². The van der Waals surface area contributed by atoms with Gasteiger partial charge in [0, 0.05) is 36.5 Å².